The maximum atomic E-state index is 5.97. The molecule has 1 aromatic heterocycles. The third-order valence-corrected chi connectivity index (χ3v) is 4.34. The van der Waals surface area contributed by atoms with Gasteiger partial charge in [0.1, 0.15) is 5.75 Å². The van der Waals surface area contributed by atoms with E-state index in [0.29, 0.717) is 6.54 Å². The molecule has 0 atom stereocenters. The van der Waals surface area contributed by atoms with Crippen LogP contribution in [0.5, 0.6) is 5.75 Å². The summed E-state index contributed by atoms with van der Waals surface area (Å²) in [5, 5.41) is 6.70. The fourth-order valence-corrected chi connectivity index (χ4v) is 2.66. The molecule has 0 aliphatic heterocycles. The molecule has 0 radical (unpaired) electrons. The number of guanidine groups is 1. The third kappa shape index (κ3) is 6.10. The van der Waals surface area contributed by atoms with E-state index < -0.39 is 0 Å². The lowest BCUT2D eigenvalue weighted by molar-refractivity contribution is 0.297. The molecular formula is C20H29N5O. The van der Waals surface area contributed by atoms with Crippen molar-refractivity contribution in [3.63, 3.8) is 0 Å². The number of nitrogens with one attached hydrogen (secondary N) is 2. The molecule has 1 aliphatic carbocycles. The van der Waals surface area contributed by atoms with Gasteiger partial charge in [-0.1, -0.05) is 18.2 Å². The van der Waals surface area contributed by atoms with Crippen molar-refractivity contribution in [2.24, 2.45) is 10.9 Å². The fraction of sp³-hybridized carbons (Fsp3) is 0.500. The summed E-state index contributed by atoms with van der Waals surface area (Å²) in [4.78, 5) is 8.78. The number of hydrogen-bond acceptors (Lipinski definition) is 3. The Balaban J connectivity index is 1.49. The minimum atomic E-state index is 0.609. The van der Waals surface area contributed by atoms with Crippen LogP contribution in [0.4, 0.5) is 0 Å². The van der Waals surface area contributed by atoms with Crippen molar-refractivity contribution in [2.75, 3.05) is 19.7 Å². The molecule has 1 aliphatic rings. The van der Waals surface area contributed by atoms with E-state index in [9.17, 15) is 0 Å². The van der Waals surface area contributed by atoms with E-state index in [1.807, 2.05) is 36.9 Å². The molecule has 0 amide bonds. The molecule has 0 saturated heterocycles. The minimum Gasteiger partial charge on any atom is -0.493 e. The first kappa shape index (κ1) is 18.3. The van der Waals surface area contributed by atoms with Crippen LogP contribution in [-0.4, -0.2) is 35.2 Å². The van der Waals surface area contributed by atoms with E-state index in [1.165, 1.54) is 12.8 Å². The molecule has 1 fully saturated rings. The van der Waals surface area contributed by atoms with Crippen LogP contribution < -0.4 is 15.4 Å². The molecule has 6 heteroatoms. The number of ether oxygens (including phenoxy) is 1. The van der Waals surface area contributed by atoms with Gasteiger partial charge >= 0.3 is 0 Å². The number of nitrogens with zero attached hydrogens (tertiary/aromatic N) is 3. The van der Waals surface area contributed by atoms with Gasteiger partial charge in [-0.05, 0) is 38.2 Å². The van der Waals surface area contributed by atoms with E-state index in [4.69, 9.17) is 9.73 Å². The standard InChI is InChI=1S/C20H29N5O/c1-2-22-20(23-10-5-12-25-13-11-21-16-25)24-14-18-6-3-4-7-19(18)26-15-17-8-9-17/h3-4,6-7,11,13,16-17H,2,5,8-10,12,14-15H2,1H3,(H2,22,23,24). The Morgan fingerprint density at radius 1 is 1.31 bits per heavy atom. The molecule has 2 aromatic rings. The lowest BCUT2D eigenvalue weighted by Crippen LogP contribution is -2.38. The van der Waals surface area contributed by atoms with Crippen LogP contribution in [-0.2, 0) is 13.1 Å². The number of benzene rings is 1. The Bertz CT molecular complexity index is 679. The van der Waals surface area contributed by atoms with E-state index in [2.05, 4.69) is 33.2 Å². The van der Waals surface area contributed by atoms with Gasteiger partial charge in [-0.2, -0.15) is 0 Å². The highest BCUT2D eigenvalue weighted by Crippen LogP contribution is 2.30. The summed E-state index contributed by atoms with van der Waals surface area (Å²) in [5.74, 6) is 2.55. The zero-order valence-electron chi connectivity index (χ0n) is 15.5. The zero-order chi connectivity index (χ0) is 18.0. The van der Waals surface area contributed by atoms with Gasteiger partial charge in [0.05, 0.1) is 19.5 Å². The van der Waals surface area contributed by atoms with Gasteiger partial charge in [0, 0.05) is 37.6 Å². The second kappa shape index (κ2) is 9.85. The first-order valence-corrected chi connectivity index (χ1v) is 9.53. The van der Waals surface area contributed by atoms with E-state index in [-0.39, 0.29) is 0 Å². The summed E-state index contributed by atoms with van der Waals surface area (Å²) in [6, 6.07) is 8.20. The number of rotatable bonds is 10. The van der Waals surface area contributed by atoms with Crippen LogP contribution in [0.1, 0.15) is 31.7 Å². The molecule has 2 N–H and O–H groups in total. The van der Waals surface area contributed by atoms with Crippen molar-refractivity contribution in [3.8, 4) is 5.75 Å². The van der Waals surface area contributed by atoms with E-state index in [1.54, 1.807) is 0 Å². The second-order valence-corrected chi connectivity index (χ2v) is 6.64. The molecular weight excluding hydrogens is 326 g/mol. The summed E-state index contributed by atoms with van der Waals surface area (Å²) < 4.78 is 8.06. The SMILES string of the molecule is CCNC(=NCc1ccccc1OCC1CC1)NCCCn1ccnc1. The van der Waals surface area contributed by atoms with Gasteiger partial charge in [0.15, 0.2) is 5.96 Å². The number of aryl methyl sites for hydroxylation is 1. The van der Waals surface area contributed by atoms with Crippen molar-refractivity contribution in [1.82, 2.24) is 20.2 Å². The summed E-state index contributed by atoms with van der Waals surface area (Å²) in [7, 11) is 0. The first-order valence-electron chi connectivity index (χ1n) is 9.53. The quantitative estimate of drug-likeness (QED) is 0.391. The maximum Gasteiger partial charge on any atom is 0.191 e. The molecule has 6 nitrogen and oxygen atoms in total. The molecule has 0 bridgehead atoms. The molecule has 0 unspecified atom stereocenters. The Morgan fingerprint density at radius 3 is 2.96 bits per heavy atom. The molecule has 1 aromatic carbocycles. The number of para-hydroxylation sites is 1. The van der Waals surface area contributed by atoms with Crippen LogP contribution in [0.2, 0.25) is 0 Å². The van der Waals surface area contributed by atoms with Crippen molar-refractivity contribution in [3.05, 3.63) is 48.5 Å². The smallest absolute Gasteiger partial charge is 0.191 e. The van der Waals surface area contributed by atoms with Crippen LogP contribution in [0.3, 0.4) is 0 Å². The normalized spacial score (nSPS) is 14.3. The predicted octanol–water partition coefficient (Wildman–Crippen LogP) is 2.82. The van der Waals surface area contributed by atoms with Crippen LogP contribution >= 0.6 is 0 Å². The third-order valence-electron chi connectivity index (χ3n) is 4.34. The zero-order valence-corrected chi connectivity index (χ0v) is 15.5. The van der Waals surface area contributed by atoms with Crippen LogP contribution in [0, 0.1) is 5.92 Å². The topological polar surface area (TPSA) is 63.5 Å². The lowest BCUT2D eigenvalue weighted by Gasteiger charge is -2.13. The van der Waals surface area contributed by atoms with Gasteiger partial charge < -0.3 is 19.9 Å². The molecule has 3 rings (SSSR count). The van der Waals surface area contributed by atoms with Crippen molar-refractivity contribution in [1.29, 1.82) is 0 Å². The number of imidazole rings is 1. The molecule has 0 spiro atoms. The molecule has 26 heavy (non-hydrogen) atoms. The Hall–Kier alpha value is -2.50. The first-order chi connectivity index (χ1) is 12.8. The summed E-state index contributed by atoms with van der Waals surface area (Å²) in [5.41, 5.74) is 1.13. The van der Waals surface area contributed by atoms with Gasteiger partial charge in [0.2, 0.25) is 0 Å². The Kier molecular flexibility index (Phi) is 6.93. The van der Waals surface area contributed by atoms with Gasteiger partial charge in [-0.15, -0.1) is 0 Å². The number of hydrogen-bond donors (Lipinski definition) is 2. The Morgan fingerprint density at radius 2 is 2.19 bits per heavy atom. The molecule has 1 saturated carbocycles. The average Bonchev–Trinajstić information content (AvgIpc) is 3.35. The lowest BCUT2D eigenvalue weighted by atomic mass is 10.2. The fourth-order valence-electron chi connectivity index (χ4n) is 2.66. The highest BCUT2D eigenvalue weighted by atomic mass is 16.5. The monoisotopic (exact) mass is 355 g/mol. The second-order valence-electron chi connectivity index (χ2n) is 6.64. The Labute approximate surface area is 155 Å². The van der Waals surface area contributed by atoms with Crippen LogP contribution in [0.15, 0.2) is 48.0 Å². The highest BCUT2D eigenvalue weighted by Gasteiger charge is 2.22. The van der Waals surface area contributed by atoms with Gasteiger partial charge in [-0.25, -0.2) is 9.98 Å². The summed E-state index contributed by atoms with van der Waals surface area (Å²) >= 11 is 0. The van der Waals surface area contributed by atoms with Crippen molar-refractivity contribution >= 4 is 5.96 Å². The number of aromatic nitrogens is 2. The average molecular weight is 355 g/mol. The maximum absolute atomic E-state index is 5.97. The van der Waals surface area contributed by atoms with Gasteiger partial charge in [-0.3, -0.25) is 0 Å². The highest BCUT2D eigenvalue weighted by molar-refractivity contribution is 5.79. The molecule has 140 valence electrons. The van der Waals surface area contributed by atoms with Gasteiger partial charge in [0.25, 0.3) is 0 Å². The minimum absolute atomic E-state index is 0.609. The summed E-state index contributed by atoms with van der Waals surface area (Å²) in [6.07, 6.45) is 9.25. The largest absolute Gasteiger partial charge is 0.493 e. The predicted molar refractivity (Wildman–Crippen MR) is 104 cm³/mol. The van der Waals surface area contributed by atoms with E-state index >= 15 is 0 Å². The van der Waals surface area contributed by atoms with Crippen LogP contribution in [0.25, 0.3) is 0 Å². The number of aliphatic imine (C=N–C) groups is 1. The molecule has 1 heterocycles. The summed E-state index contributed by atoms with van der Waals surface area (Å²) in [6.45, 7) is 6.17. The van der Waals surface area contributed by atoms with Crippen molar-refractivity contribution < 1.29 is 4.74 Å². The van der Waals surface area contributed by atoms with E-state index in [0.717, 1.165) is 55.9 Å². The van der Waals surface area contributed by atoms with Crippen molar-refractivity contribution in [2.45, 2.75) is 39.3 Å².